The van der Waals surface area contributed by atoms with Gasteiger partial charge in [0.25, 0.3) is 5.91 Å². The zero-order valence-electron chi connectivity index (χ0n) is 14.8. The lowest BCUT2D eigenvalue weighted by atomic mass is 10.1. The standard InChI is InChI=1S/C20H21NO5/c1-14(2)19(22)21-20(23)26-13-12-25-18-10-6-16(7-11-18)15-4-8-17(24-3)9-5-15/h4-11H,1,12-13H2,2-3H3,(H,21,22,23). The van der Waals surface area contributed by atoms with Gasteiger partial charge in [0, 0.05) is 5.57 Å². The van der Waals surface area contributed by atoms with Crippen molar-refractivity contribution in [2.24, 2.45) is 0 Å². The van der Waals surface area contributed by atoms with Crippen LogP contribution >= 0.6 is 0 Å². The van der Waals surface area contributed by atoms with Crippen molar-refractivity contribution in [2.45, 2.75) is 6.92 Å². The minimum Gasteiger partial charge on any atom is -0.497 e. The molecule has 0 aliphatic heterocycles. The van der Waals surface area contributed by atoms with E-state index in [1.165, 1.54) is 6.92 Å². The molecule has 0 heterocycles. The highest BCUT2D eigenvalue weighted by Crippen LogP contribution is 2.24. The van der Waals surface area contributed by atoms with E-state index in [9.17, 15) is 9.59 Å². The van der Waals surface area contributed by atoms with Crippen LogP contribution in [-0.2, 0) is 9.53 Å². The maximum atomic E-state index is 11.4. The SMILES string of the molecule is C=C(C)C(=O)NC(=O)OCCOc1ccc(-c2ccc(OC)cc2)cc1. The molecule has 0 saturated carbocycles. The van der Waals surface area contributed by atoms with Gasteiger partial charge in [0.15, 0.2) is 0 Å². The monoisotopic (exact) mass is 355 g/mol. The zero-order chi connectivity index (χ0) is 18.9. The second-order valence-corrected chi connectivity index (χ2v) is 5.47. The molecule has 2 aromatic rings. The van der Waals surface area contributed by atoms with Crippen LogP contribution in [0.5, 0.6) is 11.5 Å². The lowest BCUT2D eigenvalue weighted by molar-refractivity contribution is -0.116. The minimum atomic E-state index is -0.823. The zero-order valence-corrected chi connectivity index (χ0v) is 14.8. The molecule has 0 spiro atoms. The summed E-state index contributed by atoms with van der Waals surface area (Å²) in [5.41, 5.74) is 2.35. The molecule has 1 N–H and O–H groups in total. The number of carbonyl (C=O) groups excluding carboxylic acids is 2. The number of alkyl carbamates (subject to hydrolysis) is 1. The van der Waals surface area contributed by atoms with Gasteiger partial charge in [0.05, 0.1) is 7.11 Å². The largest absolute Gasteiger partial charge is 0.497 e. The number of imide groups is 1. The normalized spacial score (nSPS) is 9.92. The van der Waals surface area contributed by atoms with E-state index in [0.29, 0.717) is 5.75 Å². The van der Waals surface area contributed by atoms with Crippen LogP contribution in [0.25, 0.3) is 11.1 Å². The Kier molecular flexibility index (Phi) is 6.79. The third kappa shape index (κ3) is 5.66. The maximum absolute atomic E-state index is 11.4. The molecule has 0 bridgehead atoms. The number of methoxy groups -OCH3 is 1. The molecule has 0 fully saturated rings. The molecule has 0 atom stereocenters. The summed E-state index contributed by atoms with van der Waals surface area (Å²) in [7, 11) is 1.63. The van der Waals surface area contributed by atoms with Crippen LogP contribution < -0.4 is 14.8 Å². The lowest BCUT2D eigenvalue weighted by Crippen LogP contribution is -2.32. The van der Waals surface area contributed by atoms with Gasteiger partial charge >= 0.3 is 6.09 Å². The number of rotatable bonds is 7. The Balaban J connectivity index is 1.77. The highest BCUT2D eigenvalue weighted by molar-refractivity contribution is 6.01. The molecule has 26 heavy (non-hydrogen) atoms. The van der Waals surface area contributed by atoms with Gasteiger partial charge in [0.2, 0.25) is 0 Å². The summed E-state index contributed by atoms with van der Waals surface area (Å²) in [4.78, 5) is 22.6. The Morgan fingerprint density at radius 1 is 0.923 bits per heavy atom. The first kappa shape index (κ1) is 19.1. The number of amides is 2. The molecule has 0 aliphatic rings. The number of carbonyl (C=O) groups is 2. The fourth-order valence-electron chi connectivity index (χ4n) is 2.06. The number of ether oxygens (including phenoxy) is 3. The molecule has 6 heteroatoms. The minimum absolute atomic E-state index is 0.0233. The van der Waals surface area contributed by atoms with Crippen molar-refractivity contribution in [3.8, 4) is 22.6 Å². The molecule has 0 saturated heterocycles. The first-order chi connectivity index (χ1) is 12.5. The van der Waals surface area contributed by atoms with E-state index in [2.05, 4.69) is 6.58 Å². The fraction of sp³-hybridized carbons (Fsp3) is 0.200. The molecule has 2 aromatic carbocycles. The number of hydrogen-bond donors (Lipinski definition) is 1. The van der Waals surface area contributed by atoms with E-state index in [1.807, 2.05) is 53.8 Å². The summed E-state index contributed by atoms with van der Waals surface area (Å²) in [6.07, 6.45) is -0.823. The van der Waals surface area contributed by atoms with E-state index >= 15 is 0 Å². The van der Waals surface area contributed by atoms with Crippen molar-refractivity contribution in [3.05, 3.63) is 60.7 Å². The second kappa shape index (κ2) is 9.27. The quantitative estimate of drug-likeness (QED) is 0.607. The van der Waals surface area contributed by atoms with Gasteiger partial charge in [-0.3, -0.25) is 10.1 Å². The maximum Gasteiger partial charge on any atom is 0.414 e. The van der Waals surface area contributed by atoms with Gasteiger partial charge in [0.1, 0.15) is 24.7 Å². The van der Waals surface area contributed by atoms with Gasteiger partial charge in [-0.25, -0.2) is 4.79 Å². The highest BCUT2D eigenvalue weighted by Gasteiger charge is 2.08. The Bertz CT molecular complexity index is 766. The predicted octanol–water partition coefficient (Wildman–Crippen LogP) is 3.57. The van der Waals surface area contributed by atoms with Crippen molar-refractivity contribution in [2.75, 3.05) is 20.3 Å². The van der Waals surface area contributed by atoms with E-state index in [0.717, 1.165) is 16.9 Å². The molecule has 0 unspecified atom stereocenters. The molecule has 0 radical (unpaired) electrons. The summed E-state index contributed by atoms with van der Waals surface area (Å²) in [5, 5.41) is 2.05. The smallest absolute Gasteiger partial charge is 0.414 e. The summed E-state index contributed by atoms with van der Waals surface area (Å²) in [6.45, 7) is 5.13. The Hall–Kier alpha value is -3.28. The van der Waals surface area contributed by atoms with Crippen molar-refractivity contribution in [1.82, 2.24) is 5.32 Å². The molecule has 2 amide bonds. The number of nitrogens with one attached hydrogen (secondary N) is 1. The Morgan fingerprint density at radius 2 is 1.46 bits per heavy atom. The fourth-order valence-corrected chi connectivity index (χ4v) is 2.06. The van der Waals surface area contributed by atoms with Gasteiger partial charge in [-0.2, -0.15) is 0 Å². The predicted molar refractivity (Wildman–Crippen MR) is 98.2 cm³/mol. The third-order valence-corrected chi connectivity index (χ3v) is 3.47. The first-order valence-electron chi connectivity index (χ1n) is 8.00. The summed E-state index contributed by atoms with van der Waals surface area (Å²) < 4.78 is 15.5. The van der Waals surface area contributed by atoms with Crippen LogP contribution in [-0.4, -0.2) is 32.3 Å². The van der Waals surface area contributed by atoms with E-state index in [-0.39, 0.29) is 18.8 Å². The average molecular weight is 355 g/mol. The lowest BCUT2D eigenvalue weighted by Gasteiger charge is -2.09. The van der Waals surface area contributed by atoms with E-state index in [1.54, 1.807) is 7.11 Å². The molecule has 2 rings (SSSR count). The van der Waals surface area contributed by atoms with Gasteiger partial charge in [-0.15, -0.1) is 0 Å². The van der Waals surface area contributed by atoms with Crippen LogP contribution in [0.4, 0.5) is 4.79 Å². The second-order valence-electron chi connectivity index (χ2n) is 5.47. The molecular formula is C20H21NO5. The summed E-state index contributed by atoms with van der Waals surface area (Å²) >= 11 is 0. The topological polar surface area (TPSA) is 73.9 Å². The Morgan fingerprint density at radius 3 is 1.96 bits per heavy atom. The van der Waals surface area contributed by atoms with Crippen LogP contribution in [0.3, 0.4) is 0 Å². The molecule has 0 aromatic heterocycles. The highest BCUT2D eigenvalue weighted by atomic mass is 16.6. The van der Waals surface area contributed by atoms with Crippen molar-refractivity contribution in [1.29, 1.82) is 0 Å². The van der Waals surface area contributed by atoms with Crippen molar-refractivity contribution in [3.63, 3.8) is 0 Å². The van der Waals surface area contributed by atoms with Crippen LogP contribution in [0.2, 0.25) is 0 Å². The van der Waals surface area contributed by atoms with Crippen LogP contribution in [0, 0.1) is 0 Å². The van der Waals surface area contributed by atoms with Crippen LogP contribution in [0.1, 0.15) is 6.92 Å². The Labute approximate surface area is 152 Å². The third-order valence-electron chi connectivity index (χ3n) is 3.47. The van der Waals surface area contributed by atoms with Crippen LogP contribution in [0.15, 0.2) is 60.7 Å². The van der Waals surface area contributed by atoms with Gasteiger partial charge < -0.3 is 14.2 Å². The summed E-state index contributed by atoms with van der Waals surface area (Å²) in [6, 6.07) is 15.3. The van der Waals surface area contributed by atoms with E-state index < -0.39 is 12.0 Å². The van der Waals surface area contributed by atoms with Gasteiger partial charge in [-0.1, -0.05) is 30.8 Å². The van der Waals surface area contributed by atoms with E-state index in [4.69, 9.17) is 14.2 Å². The average Bonchev–Trinajstić information content (AvgIpc) is 2.65. The molecule has 0 aliphatic carbocycles. The molecular weight excluding hydrogens is 334 g/mol. The van der Waals surface area contributed by atoms with Crippen molar-refractivity contribution < 1.29 is 23.8 Å². The van der Waals surface area contributed by atoms with Crippen molar-refractivity contribution >= 4 is 12.0 Å². The molecule has 6 nitrogen and oxygen atoms in total. The van der Waals surface area contributed by atoms with Gasteiger partial charge in [-0.05, 0) is 42.3 Å². The number of benzene rings is 2. The first-order valence-corrected chi connectivity index (χ1v) is 8.00. The molecule has 136 valence electrons. The summed E-state index contributed by atoms with van der Waals surface area (Å²) in [5.74, 6) is 0.900. The number of hydrogen-bond acceptors (Lipinski definition) is 5.